The van der Waals surface area contributed by atoms with Gasteiger partial charge in [-0.3, -0.25) is 32.9 Å². The average Bonchev–Trinajstić information content (AvgIpc) is 3.11. The van der Waals surface area contributed by atoms with E-state index >= 15 is 0 Å². The number of pyridine rings is 1. The van der Waals surface area contributed by atoms with Crippen LogP contribution < -0.4 is 10.9 Å². The van der Waals surface area contributed by atoms with E-state index < -0.39 is 122 Å². The minimum Gasteiger partial charge on any atom is -0.354 e. The molecular weight excluding hydrogens is 803 g/mol. The number of aromatic amines is 1. The number of anilines is 2. The lowest BCUT2D eigenvalue weighted by atomic mass is 9.80. The van der Waals surface area contributed by atoms with Crippen molar-refractivity contribution in [2.75, 3.05) is 24.3 Å². The van der Waals surface area contributed by atoms with Crippen molar-refractivity contribution in [2.24, 2.45) is 0 Å². The Morgan fingerprint density at radius 1 is 0.691 bits per heavy atom. The molecular formula is C34H29N3O14S4. The summed E-state index contributed by atoms with van der Waals surface area (Å²) >= 11 is 0. The molecule has 0 atom stereocenters. The second kappa shape index (κ2) is 13.9. The molecule has 0 bridgehead atoms. The van der Waals surface area contributed by atoms with Gasteiger partial charge in [0.2, 0.25) is 0 Å². The lowest BCUT2D eigenvalue weighted by molar-refractivity contribution is 0.102. The van der Waals surface area contributed by atoms with Crippen molar-refractivity contribution in [1.29, 1.82) is 0 Å². The van der Waals surface area contributed by atoms with Crippen LogP contribution in [-0.4, -0.2) is 87.7 Å². The number of carbonyl (C=O) groups is 2. The van der Waals surface area contributed by atoms with Crippen molar-refractivity contribution in [3.05, 3.63) is 105 Å². The van der Waals surface area contributed by atoms with Crippen LogP contribution in [0.15, 0.2) is 97.2 Å². The molecule has 0 saturated carbocycles. The van der Waals surface area contributed by atoms with Crippen molar-refractivity contribution in [1.82, 2.24) is 9.88 Å². The topological polar surface area (TPSA) is 280 Å². The first-order chi connectivity index (χ1) is 25.6. The van der Waals surface area contributed by atoms with Crippen LogP contribution in [-0.2, 0) is 40.2 Å². The molecule has 55 heavy (non-hydrogen) atoms. The van der Waals surface area contributed by atoms with E-state index in [1.54, 1.807) is 18.7 Å². The van der Waals surface area contributed by atoms with Crippen LogP contribution in [0.3, 0.4) is 0 Å². The van der Waals surface area contributed by atoms with Gasteiger partial charge in [-0.25, -0.2) is 8.42 Å². The molecule has 1 aromatic heterocycles. The fourth-order valence-corrected chi connectivity index (χ4v) is 9.74. The summed E-state index contributed by atoms with van der Waals surface area (Å²) in [7, 11) is -19.5. The Kier molecular flexibility index (Phi) is 9.97. The quantitative estimate of drug-likeness (QED) is 0.0871. The summed E-state index contributed by atoms with van der Waals surface area (Å²) in [6.45, 7) is 4.12. The molecule has 1 aliphatic carbocycles. The van der Waals surface area contributed by atoms with Crippen LogP contribution in [0.4, 0.5) is 11.4 Å². The lowest BCUT2D eigenvalue weighted by Crippen LogP contribution is -2.29. The third-order valence-electron chi connectivity index (χ3n) is 8.93. The second-order valence-corrected chi connectivity index (χ2v) is 18.4. The molecule has 5 N–H and O–H groups in total. The zero-order valence-corrected chi connectivity index (χ0v) is 31.7. The van der Waals surface area contributed by atoms with Gasteiger partial charge in [0, 0.05) is 22.1 Å². The van der Waals surface area contributed by atoms with Crippen molar-refractivity contribution >= 4 is 74.0 Å². The normalized spacial score (nSPS) is 13.2. The van der Waals surface area contributed by atoms with Gasteiger partial charge in [0.1, 0.15) is 15.7 Å². The van der Waals surface area contributed by atoms with Crippen LogP contribution >= 0.6 is 0 Å². The second-order valence-electron chi connectivity index (χ2n) is 12.2. The van der Waals surface area contributed by atoms with Crippen molar-refractivity contribution in [3.8, 4) is 11.1 Å². The SMILES string of the molecule is CCN(CC)CS(=O)(=O)c1ccc(S(=O)(=O)O)c(Nc2cc(S(=O)(=O)O)c3[nH]c(=O)c(C(=O)c4cccc(S(=O)(=O)O)c4)c4c3c2C(=O)c2ccccc2-4)c1. The molecule has 0 aliphatic heterocycles. The van der Waals surface area contributed by atoms with Crippen molar-refractivity contribution < 1.29 is 56.9 Å². The number of benzene rings is 4. The smallest absolute Gasteiger partial charge is 0.296 e. The highest BCUT2D eigenvalue weighted by atomic mass is 32.2. The number of nitrogens with one attached hydrogen (secondary N) is 2. The number of aromatic nitrogens is 1. The maximum atomic E-state index is 14.4. The number of ketones is 2. The summed E-state index contributed by atoms with van der Waals surface area (Å²) < 4.78 is 132. The Hall–Kier alpha value is -5.13. The van der Waals surface area contributed by atoms with Gasteiger partial charge >= 0.3 is 0 Å². The monoisotopic (exact) mass is 831 g/mol. The molecule has 288 valence electrons. The van der Waals surface area contributed by atoms with Gasteiger partial charge < -0.3 is 10.3 Å². The molecule has 0 spiro atoms. The van der Waals surface area contributed by atoms with E-state index in [9.17, 15) is 61.7 Å². The zero-order valence-electron chi connectivity index (χ0n) is 28.5. The number of carbonyl (C=O) groups excluding carboxylic acids is 2. The number of H-pyrrole nitrogens is 1. The van der Waals surface area contributed by atoms with Crippen LogP contribution in [0.5, 0.6) is 0 Å². The van der Waals surface area contributed by atoms with Crippen LogP contribution in [0, 0.1) is 0 Å². The Bertz CT molecular complexity index is 3010. The molecule has 1 heterocycles. The van der Waals surface area contributed by atoms with Crippen LogP contribution in [0.25, 0.3) is 22.0 Å². The molecule has 0 amide bonds. The van der Waals surface area contributed by atoms with E-state index in [1.165, 1.54) is 24.3 Å². The highest BCUT2D eigenvalue weighted by molar-refractivity contribution is 7.91. The number of hydrogen-bond donors (Lipinski definition) is 5. The zero-order chi connectivity index (χ0) is 40.4. The van der Waals surface area contributed by atoms with Gasteiger partial charge in [0.25, 0.3) is 35.9 Å². The Balaban J connectivity index is 1.72. The third-order valence-corrected chi connectivity index (χ3v) is 13.2. The first kappa shape index (κ1) is 39.6. The number of nitrogens with zero attached hydrogens (tertiary/aromatic N) is 1. The fraction of sp³-hybridized carbons (Fsp3) is 0.147. The van der Waals surface area contributed by atoms with E-state index in [2.05, 4.69) is 10.3 Å². The van der Waals surface area contributed by atoms with E-state index in [0.29, 0.717) is 19.2 Å². The van der Waals surface area contributed by atoms with E-state index in [0.717, 1.165) is 42.5 Å². The summed E-state index contributed by atoms with van der Waals surface area (Å²) in [6.07, 6.45) is 0. The molecule has 1 aliphatic rings. The molecule has 5 aromatic rings. The molecule has 0 radical (unpaired) electrons. The summed E-state index contributed by atoms with van der Waals surface area (Å²) in [5, 5.41) is 2.12. The Morgan fingerprint density at radius 3 is 1.93 bits per heavy atom. The fourth-order valence-electron chi connectivity index (χ4n) is 6.34. The maximum absolute atomic E-state index is 14.4. The van der Waals surface area contributed by atoms with Crippen molar-refractivity contribution in [2.45, 2.75) is 33.4 Å². The van der Waals surface area contributed by atoms with Gasteiger partial charge in [-0.1, -0.05) is 50.2 Å². The molecule has 17 nitrogen and oxygen atoms in total. The highest BCUT2D eigenvalue weighted by Gasteiger charge is 2.36. The molecule has 6 rings (SSSR count). The summed E-state index contributed by atoms with van der Waals surface area (Å²) in [4.78, 5) is 43.1. The lowest BCUT2D eigenvalue weighted by Gasteiger charge is -2.25. The van der Waals surface area contributed by atoms with Gasteiger partial charge in [-0.15, -0.1) is 0 Å². The first-order valence-electron chi connectivity index (χ1n) is 15.9. The summed E-state index contributed by atoms with van der Waals surface area (Å²) in [5.74, 6) is -2.49. The first-order valence-corrected chi connectivity index (χ1v) is 21.9. The molecule has 0 unspecified atom stereocenters. The highest BCUT2D eigenvalue weighted by Crippen LogP contribution is 2.46. The molecule has 0 saturated heterocycles. The standard InChI is InChI=1S/C34H29N3O14S4/c1-3-37(4-2)17-52(41,42)19-12-13-25(54(46,47)48)23(15-19)35-24-16-26(55(49,50)51)31-29-27(21-10-5-6-11-22(21)33(39)28(24)29)30(34(40)36-31)32(38)18-8-7-9-20(14-18)53(43,44)45/h5-16,35H,3-4,17H2,1-2H3,(H,36,40)(H,43,44,45)(H,46,47,48)(H,49,50,51). The Morgan fingerprint density at radius 2 is 1.33 bits per heavy atom. The number of sulfone groups is 1. The number of fused-ring (bicyclic) bond motifs is 2. The molecule has 21 heteroatoms. The largest absolute Gasteiger partial charge is 0.354 e. The minimum absolute atomic E-state index is 0.0630. The van der Waals surface area contributed by atoms with Crippen LogP contribution in [0.2, 0.25) is 0 Å². The van der Waals surface area contributed by atoms with E-state index in [-0.39, 0.29) is 16.7 Å². The minimum atomic E-state index is -5.34. The average molecular weight is 832 g/mol. The van der Waals surface area contributed by atoms with Gasteiger partial charge in [-0.05, 0) is 55.1 Å². The predicted molar refractivity (Wildman–Crippen MR) is 197 cm³/mol. The summed E-state index contributed by atoms with van der Waals surface area (Å²) in [5.41, 5.74) is -5.26. The maximum Gasteiger partial charge on any atom is 0.296 e. The summed E-state index contributed by atoms with van der Waals surface area (Å²) in [6, 6.07) is 12.8. The Labute approximate surface area is 313 Å². The van der Waals surface area contributed by atoms with Gasteiger partial charge in [0.15, 0.2) is 21.4 Å². The van der Waals surface area contributed by atoms with E-state index in [4.69, 9.17) is 0 Å². The number of hydrogen-bond acceptors (Lipinski definition) is 13. The van der Waals surface area contributed by atoms with Gasteiger partial charge in [-0.2, -0.15) is 25.3 Å². The molecule has 0 fully saturated rings. The van der Waals surface area contributed by atoms with Crippen LogP contribution in [0.1, 0.15) is 45.7 Å². The third kappa shape index (κ3) is 7.23. The number of rotatable bonds is 12. The van der Waals surface area contributed by atoms with Gasteiger partial charge in [0.05, 0.1) is 37.8 Å². The molecule has 4 aromatic carbocycles. The predicted octanol–water partition coefficient (Wildman–Crippen LogP) is 3.53. The van der Waals surface area contributed by atoms with E-state index in [1.807, 2.05) is 0 Å². The van der Waals surface area contributed by atoms with Crippen molar-refractivity contribution in [3.63, 3.8) is 0 Å².